The van der Waals surface area contributed by atoms with Gasteiger partial charge in [-0.2, -0.15) is 0 Å². The standard InChI is InChI=1S/C16H17N3O2S/c1-16(2,20)11-22-15-18-17-14(13-9-6-10-21-13)19(15)12-7-4-3-5-8-12/h3-10,20H,11H2,1-2H3. The zero-order valence-electron chi connectivity index (χ0n) is 12.4. The van der Waals surface area contributed by atoms with Crippen LogP contribution in [0.1, 0.15) is 13.8 Å². The first kappa shape index (κ1) is 14.9. The Balaban J connectivity index is 2.04. The Morgan fingerprint density at radius 3 is 2.55 bits per heavy atom. The Labute approximate surface area is 133 Å². The first-order valence-electron chi connectivity index (χ1n) is 6.94. The molecule has 114 valence electrons. The molecule has 0 saturated heterocycles. The van der Waals surface area contributed by atoms with E-state index in [9.17, 15) is 5.11 Å². The fourth-order valence-corrected chi connectivity index (χ4v) is 2.88. The Kier molecular flexibility index (Phi) is 4.04. The van der Waals surface area contributed by atoms with Crippen molar-refractivity contribution in [3.05, 3.63) is 48.7 Å². The van der Waals surface area contributed by atoms with E-state index in [1.165, 1.54) is 11.8 Å². The fourth-order valence-electron chi connectivity index (χ4n) is 1.98. The quantitative estimate of drug-likeness (QED) is 0.731. The average Bonchev–Trinajstić information content (AvgIpc) is 3.14. The maximum Gasteiger partial charge on any atom is 0.205 e. The van der Waals surface area contributed by atoms with Crippen LogP contribution in [-0.2, 0) is 0 Å². The molecule has 2 heterocycles. The van der Waals surface area contributed by atoms with Gasteiger partial charge in [-0.15, -0.1) is 10.2 Å². The van der Waals surface area contributed by atoms with E-state index in [1.54, 1.807) is 20.1 Å². The maximum atomic E-state index is 9.93. The molecule has 0 aliphatic heterocycles. The van der Waals surface area contributed by atoms with Crippen LogP contribution in [0.3, 0.4) is 0 Å². The summed E-state index contributed by atoms with van der Waals surface area (Å²) in [6.45, 7) is 3.55. The van der Waals surface area contributed by atoms with E-state index >= 15 is 0 Å². The molecule has 1 N–H and O–H groups in total. The molecule has 5 nitrogen and oxygen atoms in total. The summed E-state index contributed by atoms with van der Waals surface area (Å²) in [4.78, 5) is 0. The van der Waals surface area contributed by atoms with E-state index in [1.807, 2.05) is 47.0 Å². The predicted molar refractivity (Wildman–Crippen MR) is 86.1 cm³/mol. The summed E-state index contributed by atoms with van der Waals surface area (Å²) in [5.74, 6) is 1.83. The van der Waals surface area contributed by atoms with Crippen molar-refractivity contribution < 1.29 is 9.52 Å². The molecule has 6 heteroatoms. The summed E-state index contributed by atoms with van der Waals surface area (Å²) in [5, 5.41) is 19.2. The Bertz CT molecular complexity index is 731. The van der Waals surface area contributed by atoms with Gasteiger partial charge in [-0.25, -0.2) is 0 Å². The van der Waals surface area contributed by atoms with Gasteiger partial charge in [0.2, 0.25) is 5.82 Å². The highest BCUT2D eigenvalue weighted by Crippen LogP contribution is 2.29. The molecule has 2 aromatic heterocycles. The van der Waals surface area contributed by atoms with Gasteiger partial charge in [0.25, 0.3) is 0 Å². The average molecular weight is 315 g/mol. The highest BCUT2D eigenvalue weighted by molar-refractivity contribution is 7.99. The van der Waals surface area contributed by atoms with Crippen molar-refractivity contribution in [2.45, 2.75) is 24.6 Å². The zero-order valence-corrected chi connectivity index (χ0v) is 13.2. The molecule has 3 aromatic rings. The third kappa shape index (κ3) is 3.23. The fraction of sp³-hybridized carbons (Fsp3) is 0.250. The Morgan fingerprint density at radius 1 is 1.14 bits per heavy atom. The first-order valence-corrected chi connectivity index (χ1v) is 7.93. The lowest BCUT2D eigenvalue weighted by Gasteiger charge is -2.16. The predicted octanol–water partition coefficient (Wildman–Crippen LogP) is 3.39. The number of aromatic nitrogens is 3. The van der Waals surface area contributed by atoms with Gasteiger partial charge in [0, 0.05) is 11.4 Å². The Hall–Kier alpha value is -2.05. The summed E-state index contributed by atoms with van der Waals surface area (Å²) in [5.41, 5.74) is 0.181. The van der Waals surface area contributed by atoms with Crippen LogP contribution in [0.2, 0.25) is 0 Å². The second-order valence-electron chi connectivity index (χ2n) is 5.56. The SMILES string of the molecule is CC(C)(O)CSc1nnc(-c2ccco2)n1-c1ccccc1. The molecule has 1 aromatic carbocycles. The van der Waals surface area contributed by atoms with Crippen molar-refractivity contribution >= 4 is 11.8 Å². The lowest BCUT2D eigenvalue weighted by atomic mass is 10.2. The van der Waals surface area contributed by atoms with Crippen molar-refractivity contribution in [3.63, 3.8) is 0 Å². The highest BCUT2D eigenvalue weighted by Gasteiger charge is 2.20. The van der Waals surface area contributed by atoms with Crippen molar-refractivity contribution in [2.24, 2.45) is 0 Å². The molecule has 0 aliphatic rings. The summed E-state index contributed by atoms with van der Waals surface area (Å²) in [6.07, 6.45) is 1.61. The molecule has 0 radical (unpaired) electrons. The van der Waals surface area contributed by atoms with E-state index in [0.717, 1.165) is 10.8 Å². The van der Waals surface area contributed by atoms with Crippen LogP contribution in [0.15, 0.2) is 58.3 Å². The monoisotopic (exact) mass is 315 g/mol. The van der Waals surface area contributed by atoms with Crippen molar-refractivity contribution in [2.75, 3.05) is 5.75 Å². The maximum absolute atomic E-state index is 9.93. The van der Waals surface area contributed by atoms with Gasteiger partial charge >= 0.3 is 0 Å². The lowest BCUT2D eigenvalue weighted by Crippen LogP contribution is -2.22. The van der Waals surface area contributed by atoms with Crippen molar-refractivity contribution in [3.8, 4) is 17.3 Å². The van der Waals surface area contributed by atoms with Crippen LogP contribution in [0.25, 0.3) is 17.3 Å². The molecule has 0 saturated carbocycles. The Morgan fingerprint density at radius 2 is 1.91 bits per heavy atom. The van der Waals surface area contributed by atoms with Gasteiger partial charge in [-0.05, 0) is 38.1 Å². The normalized spacial score (nSPS) is 11.8. The number of para-hydroxylation sites is 1. The third-order valence-corrected chi connectivity index (χ3v) is 4.32. The topological polar surface area (TPSA) is 64.1 Å². The minimum Gasteiger partial charge on any atom is -0.461 e. The molecule has 0 amide bonds. The summed E-state index contributed by atoms with van der Waals surface area (Å²) in [7, 11) is 0. The van der Waals surface area contributed by atoms with E-state index < -0.39 is 5.60 Å². The molecule has 0 bridgehead atoms. The van der Waals surface area contributed by atoms with Gasteiger partial charge in [0.15, 0.2) is 10.9 Å². The first-order chi connectivity index (χ1) is 10.5. The molecule has 0 fully saturated rings. The largest absolute Gasteiger partial charge is 0.461 e. The molecule has 22 heavy (non-hydrogen) atoms. The molecule has 3 rings (SSSR count). The summed E-state index contributed by atoms with van der Waals surface area (Å²) < 4.78 is 7.40. The third-order valence-electron chi connectivity index (χ3n) is 2.94. The molecule has 0 unspecified atom stereocenters. The van der Waals surface area contributed by atoms with Crippen molar-refractivity contribution in [1.82, 2.24) is 14.8 Å². The number of rotatable bonds is 5. The number of furan rings is 1. The minimum absolute atomic E-state index is 0.524. The number of nitrogens with zero attached hydrogens (tertiary/aromatic N) is 3. The second kappa shape index (κ2) is 5.98. The van der Waals surface area contributed by atoms with Crippen LogP contribution in [0.4, 0.5) is 0 Å². The number of hydrogen-bond donors (Lipinski definition) is 1. The van der Waals surface area contributed by atoms with Crippen LogP contribution in [0, 0.1) is 0 Å². The van der Waals surface area contributed by atoms with Crippen LogP contribution < -0.4 is 0 Å². The molecule has 0 atom stereocenters. The number of benzene rings is 1. The number of hydrogen-bond acceptors (Lipinski definition) is 5. The van der Waals surface area contributed by atoms with Gasteiger partial charge in [-0.1, -0.05) is 30.0 Å². The molecule has 0 spiro atoms. The molecular formula is C16H17N3O2S. The van der Waals surface area contributed by atoms with E-state index in [2.05, 4.69) is 10.2 Å². The van der Waals surface area contributed by atoms with Gasteiger partial charge in [0.05, 0.1) is 11.9 Å². The number of thioether (sulfide) groups is 1. The minimum atomic E-state index is -0.775. The smallest absolute Gasteiger partial charge is 0.205 e. The molecular weight excluding hydrogens is 298 g/mol. The van der Waals surface area contributed by atoms with E-state index in [4.69, 9.17) is 4.42 Å². The van der Waals surface area contributed by atoms with E-state index in [0.29, 0.717) is 17.3 Å². The summed E-state index contributed by atoms with van der Waals surface area (Å²) in [6, 6.07) is 13.5. The molecule has 0 aliphatic carbocycles. The highest BCUT2D eigenvalue weighted by atomic mass is 32.2. The van der Waals surface area contributed by atoms with Crippen molar-refractivity contribution in [1.29, 1.82) is 0 Å². The number of aliphatic hydroxyl groups is 1. The second-order valence-corrected chi connectivity index (χ2v) is 6.50. The zero-order chi connectivity index (χ0) is 15.6. The van der Waals surface area contributed by atoms with Gasteiger partial charge < -0.3 is 9.52 Å². The van der Waals surface area contributed by atoms with Gasteiger partial charge in [-0.3, -0.25) is 4.57 Å². The van der Waals surface area contributed by atoms with Gasteiger partial charge in [0.1, 0.15) is 0 Å². The van der Waals surface area contributed by atoms with E-state index in [-0.39, 0.29) is 0 Å². The van der Waals surface area contributed by atoms with Crippen LogP contribution in [0.5, 0.6) is 0 Å². The lowest BCUT2D eigenvalue weighted by molar-refractivity contribution is 0.107. The summed E-state index contributed by atoms with van der Waals surface area (Å²) >= 11 is 1.46. The van der Waals surface area contributed by atoms with Crippen LogP contribution >= 0.6 is 11.8 Å². The van der Waals surface area contributed by atoms with Crippen LogP contribution in [-0.4, -0.2) is 31.2 Å².